The summed E-state index contributed by atoms with van der Waals surface area (Å²) < 4.78 is 35.7. The molecule has 0 aromatic heterocycles. The molecule has 4 nitrogen and oxygen atoms in total. The number of hydrogen-bond donors (Lipinski definition) is 0. The van der Waals surface area contributed by atoms with Crippen LogP contribution >= 0.6 is 22.3 Å². The molecule has 1 aliphatic rings. The van der Waals surface area contributed by atoms with Crippen molar-refractivity contribution in [3.63, 3.8) is 0 Å². The number of amides is 1. The van der Waals surface area contributed by atoms with Gasteiger partial charge in [-0.1, -0.05) is 17.7 Å². The van der Waals surface area contributed by atoms with Gasteiger partial charge in [-0.3, -0.25) is 4.79 Å². The van der Waals surface area contributed by atoms with E-state index in [4.69, 9.17) is 22.3 Å². The molecule has 1 atom stereocenters. The van der Waals surface area contributed by atoms with Gasteiger partial charge < -0.3 is 4.90 Å². The van der Waals surface area contributed by atoms with Gasteiger partial charge in [-0.15, -0.1) is 0 Å². The molecule has 1 fully saturated rings. The molecule has 0 bridgehead atoms. The molecule has 1 aliphatic heterocycles. The van der Waals surface area contributed by atoms with Gasteiger partial charge in [0.15, 0.2) is 0 Å². The van der Waals surface area contributed by atoms with Gasteiger partial charge in [0.1, 0.15) is 5.82 Å². The Morgan fingerprint density at radius 2 is 2.10 bits per heavy atom. The zero-order valence-corrected chi connectivity index (χ0v) is 12.7. The second-order valence-corrected chi connectivity index (χ2v) is 7.98. The Morgan fingerprint density at radius 1 is 1.40 bits per heavy atom. The van der Waals surface area contributed by atoms with E-state index in [2.05, 4.69) is 0 Å². The van der Waals surface area contributed by atoms with Crippen molar-refractivity contribution in [1.29, 1.82) is 0 Å². The summed E-state index contributed by atoms with van der Waals surface area (Å²) >= 11 is 5.90. The van der Waals surface area contributed by atoms with Gasteiger partial charge in [0.25, 0.3) is 0 Å². The Morgan fingerprint density at radius 3 is 2.70 bits per heavy atom. The first-order valence-electron chi connectivity index (χ1n) is 5.89. The van der Waals surface area contributed by atoms with Crippen LogP contribution in [-0.2, 0) is 20.4 Å². The fraction of sp³-hybridized carbons (Fsp3) is 0.417. The number of halogens is 3. The lowest BCUT2D eigenvalue weighted by molar-refractivity contribution is -0.128. The molecule has 1 amide bonds. The van der Waals surface area contributed by atoms with Crippen LogP contribution in [0.3, 0.4) is 0 Å². The maximum absolute atomic E-state index is 13.7. The molecule has 20 heavy (non-hydrogen) atoms. The summed E-state index contributed by atoms with van der Waals surface area (Å²) in [5.74, 6) is -1.34. The van der Waals surface area contributed by atoms with Gasteiger partial charge >= 0.3 is 0 Å². The van der Waals surface area contributed by atoms with Crippen LogP contribution in [-0.4, -0.2) is 31.5 Å². The normalized spacial score (nSPS) is 19.6. The highest BCUT2D eigenvalue weighted by Crippen LogP contribution is 2.26. The smallest absolute Gasteiger partial charge is 0.232 e. The average Bonchev–Trinajstić information content (AvgIpc) is 2.62. The van der Waals surface area contributed by atoms with Crippen molar-refractivity contribution in [3.8, 4) is 0 Å². The van der Waals surface area contributed by atoms with Crippen LogP contribution in [0.15, 0.2) is 18.2 Å². The highest BCUT2D eigenvalue weighted by molar-refractivity contribution is 8.13. The third kappa shape index (κ3) is 3.84. The van der Waals surface area contributed by atoms with Gasteiger partial charge in [-0.2, -0.15) is 0 Å². The largest absolute Gasteiger partial charge is 0.338 e. The van der Waals surface area contributed by atoms with E-state index in [1.165, 1.54) is 17.0 Å². The second kappa shape index (κ2) is 5.87. The lowest BCUT2D eigenvalue weighted by Crippen LogP contribution is -2.26. The van der Waals surface area contributed by atoms with Gasteiger partial charge in [0, 0.05) is 46.7 Å². The van der Waals surface area contributed by atoms with Crippen LogP contribution in [0, 0.1) is 11.7 Å². The van der Waals surface area contributed by atoms with E-state index in [0.29, 0.717) is 0 Å². The Hall–Kier alpha value is -0.850. The number of likely N-dealkylation sites (tertiary alicyclic amines) is 1. The van der Waals surface area contributed by atoms with Crippen molar-refractivity contribution in [2.45, 2.75) is 13.0 Å². The van der Waals surface area contributed by atoms with Crippen LogP contribution < -0.4 is 0 Å². The summed E-state index contributed by atoms with van der Waals surface area (Å²) in [4.78, 5) is 13.2. The molecule has 1 aromatic rings. The minimum atomic E-state index is -3.65. The molecule has 0 aliphatic carbocycles. The molecule has 110 valence electrons. The number of hydrogen-bond acceptors (Lipinski definition) is 3. The van der Waals surface area contributed by atoms with Gasteiger partial charge in [-0.25, -0.2) is 12.8 Å². The molecule has 1 aromatic carbocycles. The Balaban J connectivity index is 2.10. The molecule has 0 spiro atoms. The van der Waals surface area contributed by atoms with Crippen molar-refractivity contribution >= 4 is 37.2 Å². The van der Waals surface area contributed by atoms with E-state index in [1.54, 1.807) is 6.07 Å². The highest BCUT2D eigenvalue weighted by atomic mass is 35.7. The fourth-order valence-corrected chi connectivity index (χ4v) is 3.82. The van der Waals surface area contributed by atoms with Crippen LogP contribution in [0.2, 0.25) is 5.02 Å². The van der Waals surface area contributed by atoms with E-state index in [0.717, 1.165) is 0 Å². The summed E-state index contributed by atoms with van der Waals surface area (Å²) in [6, 6.07) is 4.29. The zero-order valence-electron chi connectivity index (χ0n) is 10.4. The first kappa shape index (κ1) is 15.5. The number of carbonyl (C=O) groups excluding carboxylic acids is 1. The molecule has 2 rings (SSSR count). The fourth-order valence-electron chi connectivity index (χ4n) is 2.27. The minimum absolute atomic E-state index is 0.0309. The molecule has 1 heterocycles. The summed E-state index contributed by atoms with van der Waals surface area (Å²) in [5.41, 5.74) is 0.233. The molecular formula is C12H12Cl2FNO3S. The van der Waals surface area contributed by atoms with Crippen molar-refractivity contribution < 1.29 is 17.6 Å². The Labute approximate surface area is 125 Å². The van der Waals surface area contributed by atoms with Crippen molar-refractivity contribution in [2.75, 3.05) is 12.3 Å². The minimum Gasteiger partial charge on any atom is -0.338 e. The third-order valence-corrected chi connectivity index (χ3v) is 4.74. The predicted octanol–water partition coefficient (Wildman–Crippen LogP) is 2.40. The standard InChI is InChI=1S/C12H12Cl2FNO3S/c13-10-2-1-3-11(15)9(10)6-16-5-8(4-12(16)17)7-20(14,18)19/h1-3,8H,4-7H2. The maximum atomic E-state index is 13.7. The van der Waals surface area contributed by atoms with Crippen LogP contribution in [0.1, 0.15) is 12.0 Å². The van der Waals surface area contributed by atoms with Crippen LogP contribution in [0.4, 0.5) is 4.39 Å². The van der Waals surface area contributed by atoms with Gasteiger partial charge in [0.05, 0.1) is 5.75 Å². The van der Waals surface area contributed by atoms with E-state index in [-0.39, 0.29) is 47.7 Å². The van der Waals surface area contributed by atoms with Gasteiger partial charge in [-0.05, 0) is 12.1 Å². The van der Waals surface area contributed by atoms with Crippen molar-refractivity contribution in [3.05, 3.63) is 34.6 Å². The molecule has 0 saturated carbocycles. The second-order valence-electron chi connectivity index (χ2n) is 4.75. The third-order valence-electron chi connectivity index (χ3n) is 3.14. The maximum Gasteiger partial charge on any atom is 0.232 e. The highest BCUT2D eigenvalue weighted by Gasteiger charge is 2.32. The molecule has 1 saturated heterocycles. The zero-order chi connectivity index (χ0) is 14.9. The van der Waals surface area contributed by atoms with Crippen molar-refractivity contribution in [2.24, 2.45) is 5.92 Å². The monoisotopic (exact) mass is 339 g/mol. The topological polar surface area (TPSA) is 54.5 Å². The van der Waals surface area contributed by atoms with E-state index < -0.39 is 14.9 Å². The number of rotatable bonds is 4. The first-order valence-corrected chi connectivity index (χ1v) is 8.75. The van der Waals surface area contributed by atoms with E-state index in [1.807, 2.05) is 0 Å². The van der Waals surface area contributed by atoms with E-state index in [9.17, 15) is 17.6 Å². The summed E-state index contributed by atoms with van der Waals surface area (Å²) in [6.07, 6.45) is 0.0953. The van der Waals surface area contributed by atoms with Crippen LogP contribution in [0.5, 0.6) is 0 Å². The number of nitrogens with zero attached hydrogens (tertiary/aromatic N) is 1. The average molecular weight is 340 g/mol. The quantitative estimate of drug-likeness (QED) is 0.791. The summed E-state index contributed by atoms with van der Waals surface area (Å²) in [5, 5.41) is 0.242. The Bertz CT molecular complexity index is 615. The van der Waals surface area contributed by atoms with Crippen molar-refractivity contribution in [1.82, 2.24) is 4.90 Å². The summed E-state index contributed by atoms with van der Waals surface area (Å²) in [6.45, 7) is 0.263. The lowest BCUT2D eigenvalue weighted by atomic mass is 10.1. The van der Waals surface area contributed by atoms with Gasteiger partial charge in [0.2, 0.25) is 15.0 Å². The lowest BCUT2D eigenvalue weighted by Gasteiger charge is -2.17. The summed E-state index contributed by atoms with van der Waals surface area (Å²) in [7, 11) is 1.53. The number of benzene rings is 1. The predicted molar refractivity (Wildman–Crippen MR) is 74.6 cm³/mol. The van der Waals surface area contributed by atoms with E-state index >= 15 is 0 Å². The number of carbonyl (C=O) groups is 1. The molecule has 1 unspecified atom stereocenters. The molecule has 8 heteroatoms. The SMILES string of the molecule is O=C1CC(CS(=O)(=O)Cl)CN1Cc1c(F)cccc1Cl. The molecule has 0 N–H and O–H groups in total. The Kier molecular flexibility index (Phi) is 4.56. The molecule has 0 radical (unpaired) electrons. The first-order chi connectivity index (χ1) is 9.26. The van der Waals surface area contributed by atoms with Crippen LogP contribution in [0.25, 0.3) is 0 Å². The molecular weight excluding hydrogens is 328 g/mol.